The lowest BCUT2D eigenvalue weighted by Gasteiger charge is -2.38. The molecule has 0 N–H and O–H groups in total. The maximum absolute atomic E-state index is 14.2. The zero-order valence-electron chi connectivity index (χ0n) is 24.4. The number of fused-ring (bicyclic) bond motifs is 1. The number of allylic oxidation sites excluding steroid dienone is 1. The van der Waals surface area contributed by atoms with Crippen molar-refractivity contribution in [3.8, 4) is 0 Å². The Morgan fingerprint density at radius 2 is 1.88 bits per heavy atom. The number of nitrogens with zero attached hydrogens (tertiary/aromatic N) is 5. The minimum atomic E-state index is -1.80. The number of ketones is 1. The van der Waals surface area contributed by atoms with Crippen LogP contribution in [0.5, 0.6) is 0 Å². The highest BCUT2D eigenvalue weighted by molar-refractivity contribution is 6.30. The van der Waals surface area contributed by atoms with Crippen molar-refractivity contribution in [2.75, 3.05) is 19.7 Å². The van der Waals surface area contributed by atoms with Crippen LogP contribution in [0, 0.1) is 5.92 Å². The molecule has 1 fully saturated rings. The second-order valence-corrected chi connectivity index (χ2v) is 12.1. The van der Waals surface area contributed by atoms with Gasteiger partial charge in [0.25, 0.3) is 0 Å². The lowest BCUT2D eigenvalue weighted by molar-refractivity contribution is -0.150. The van der Waals surface area contributed by atoms with Crippen LogP contribution in [0.25, 0.3) is 10.4 Å². The molecule has 1 unspecified atom stereocenters. The lowest BCUT2D eigenvalue weighted by Crippen LogP contribution is -2.55. The summed E-state index contributed by atoms with van der Waals surface area (Å²) >= 11 is 6.21. The molecule has 0 spiro atoms. The van der Waals surface area contributed by atoms with Crippen LogP contribution in [0.3, 0.4) is 0 Å². The van der Waals surface area contributed by atoms with E-state index in [1.54, 1.807) is 69.3 Å². The van der Waals surface area contributed by atoms with Gasteiger partial charge >= 0.3 is 12.1 Å². The molecule has 4 rings (SSSR count). The fourth-order valence-corrected chi connectivity index (χ4v) is 5.66. The highest BCUT2D eigenvalue weighted by Crippen LogP contribution is 2.38. The van der Waals surface area contributed by atoms with E-state index in [4.69, 9.17) is 21.1 Å². The molecule has 12 heteroatoms. The van der Waals surface area contributed by atoms with E-state index in [1.165, 1.54) is 9.80 Å². The smallest absolute Gasteiger partial charge is 0.411 e. The Balaban J connectivity index is 1.62. The Bertz CT molecular complexity index is 1470. The number of benzene rings is 2. The first-order valence-electron chi connectivity index (χ1n) is 13.9. The van der Waals surface area contributed by atoms with Crippen molar-refractivity contribution >= 4 is 35.4 Å². The van der Waals surface area contributed by atoms with Crippen LogP contribution in [-0.2, 0) is 32.0 Å². The van der Waals surface area contributed by atoms with Crippen molar-refractivity contribution < 1.29 is 28.7 Å². The number of carbonyl (C=O) groups is 4. The molecule has 0 radical (unpaired) electrons. The van der Waals surface area contributed by atoms with Gasteiger partial charge in [-0.3, -0.25) is 19.3 Å². The molecule has 2 heterocycles. The highest BCUT2D eigenvalue weighted by atomic mass is 35.5. The predicted molar refractivity (Wildman–Crippen MR) is 159 cm³/mol. The summed E-state index contributed by atoms with van der Waals surface area (Å²) < 4.78 is 11.0. The van der Waals surface area contributed by atoms with Gasteiger partial charge in [0, 0.05) is 40.9 Å². The van der Waals surface area contributed by atoms with Crippen LogP contribution in [0.2, 0.25) is 5.02 Å². The third-order valence-corrected chi connectivity index (χ3v) is 7.76. The molecule has 0 aliphatic carbocycles. The summed E-state index contributed by atoms with van der Waals surface area (Å²) in [7, 11) is 0. The summed E-state index contributed by atoms with van der Waals surface area (Å²) in [5.74, 6) is -2.45. The predicted octanol–water partition coefficient (Wildman–Crippen LogP) is 5.51. The molecule has 0 aromatic heterocycles. The molecule has 3 atom stereocenters. The molecule has 1 saturated heterocycles. The van der Waals surface area contributed by atoms with Crippen molar-refractivity contribution in [1.82, 2.24) is 9.80 Å². The van der Waals surface area contributed by atoms with E-state index in [0.29, 0.717) is 10.6 Å². The normalized spacial score (nSPS) is 21.3. The summed E-state index contributed by atoms with van der Waals surface area (Å²) in [5, 5.41) is 4.37. The molecule has 11 nitrogen and oxygen atoms in total. The number of ether oxygens (including phenoxy) is 2. The van der Waals surface area contributed by atoms with Gasteiger partial charge in [0.2, 0.25) is 5.91 Å². The number of carbonyl (C=O) groups excluding carboxylic acids is 4. The lowest BCUT2D eigenvalue weighted by atomic mass is 9.85. The quantitative estimate of drug-likeness (QED) is 0.0967. The number of amides is 2. The van der Waals surface area contributed by atoms with Crippen molar-refractivity contribution in [1.29, 1.82) is 0 Å². The fourth-order valence-electron chi connectivity index (χ4n) is 5.47. The van der Waals surface area contributed by atoms with Gasteiger partial charge < -0.3 is 14.4 Å². The molecule has 2 aliphatic heterocycles. The van der Waals surface area contributed by atoms with E-state index in [9.17, 15) is 24.7 Å². The Labute approximate surface area is 255 Å². The van der Waals surface area contributed by atoms with E-state index in [-0.39, 0.29) is 32.5 Å². The second-order valence-electron chi connectivity index (χ2n) is 11.7. The zero-order chi connectivity index (χ0) is 31.4. The average molecular weight is 608 g/mol. The van der Waals surface area contributed by atoms with Gasteiger partial charge in [-0.25, -0.2) is 4.79 Å². The minimum Gasteiger partial charge on any atom is -0.457 e. The van der Waals surface area contributed by atoms with E-state index in [1.807, 2.05) is 6.07 Å². The second kappa shape index (κ2) is 12.9. The standard InChI is InChI=1S/C31H34ClN5O6/c1-5-9-23-17-36(19-31(23,34-35-33)28(40)42-18-26(38)20-10-7-6-8-11-20)27(39)25-15-21-12-13-24(32)14-22(21)16-37(25)29(41)43-30(2,3)4/h5-8,10-14,23,25H,1,9,15-19H2,2-4H3/t23-,25?,31-/m0/s1. The molecule has 226 valence electrons. The number of hydrogen-bond acceptors (Lipinski definition) is 7. The Morgan fingerprint density at radius 1 is 1.16 bits per heavy atom. The maximum Gasteiger partial charge on any atom is 0.411 e. The van der Waals surface area contributed by atoms with Gasteiger partial charge in [-0.15, -0.1) is 6.58 Å². The minimum absolute atomic E-state index is 0.0394. The van der Waals surface area contributed by atoms with Crippen LogP contribution in [0.4, 0.5) is 4.79 Å². The van der Waals surface area contributed by atoms with E-state index >= 15 is 0 Å². The van der Waals surface area contributed by atoms with Crippen LogP contribution in [0.1, 0.15) is 48.7 Å². The van der Waals surface area contributed by atoms with Crippen molar-refractivity contribution in [2.24, 2.45) is 11.0 Å². The highest BCUT2D eigenvalue weighted by Gasteiger charge is 2.55. The number of hydrogen-bond donors (Lipinski definition) is 0. The molecular formula is C31H34ClN5O6. The molecule has 2 aromatic rings. The summed E-state index contributed by atoms with van der Waals surface area (Å²) in [6.45, 7) is 8.24. The van der Waals surface area contributed by atoms with Gasteiger partial charge in [-0.1, -0.05) is 59.2 Å². The molecule has 2 aromatic carbocycles. The van der Waals surface area contributed by atoms with Crippen LogP contribution in [0.15, 0.2) is 66.3 Å². The fraction of sp³-hybridized carbons (Fsp3) is 0.419. The first-order valence-corrected chi connectivity index (χ1v) is 14.2. The van der Waals surface area contributed by atoms with Gasteiger partial charge in [0.15, 0.2) is 17.9 Å². The number of halogens is 1. The summed E-state index contributed by atoms with van der Waals surface area (Å²) in [6.07, 6.45) is 1.32. The molecular weight excluding hydrogens is 574 g/mol. The van der Waals surface area contributed by atoms with Crippen LogP contribution < -0.4 is 0 Å². The van der Waals surface area contributed by atoms with E-state index in [0.717, 1.165) is 11.1 Å². The van der Waals surface area contributed by atoms with Crippen molar-refractivity contribution in [2.45, 2.75) is 57.3 Å². The Hall–Kier alpha value is -4.34. The SMILES string of the molecule is C=CC[C@H]1CN(C(=O)C2Cc3ccc(Cl)cc3CN2C(=O)OC(C)(C)C)C[C@@]1(N=[N+]=[N-])C(=O)OCC(=O)c1ccccc1. The number of azide groups is 1. The Kier molecular flexibility index (Phi) is 9.47. The molecule has 2 aliphatic rings. The third kappa shape index (κ3) is 7.01. The van der Waals surface area contributed by atoms with E-state index < -0.39 is 53.5 Å². The van der Waals surface area contributed by atoms with Crippen molar-refractivity contribution in [3.05, 3.63) is 93.3 Å². The third-order valence-electron chi connectivity index (χ3n) is 7.53. The van der Waals surface area contributed by atoms with Crippen LogP contribution in [-0.4, -0.2) is 70.4 Å². The topological polar surface area (TPSA) is 142 Å². The number of Topliss-reactive ketones (excluding diaryl/α,β-unsaturated/α-hetero) is 1. The van der Waals surface area contributed by atoms with Crippen molar-refractivity contribution in [3.63, 3.8) is 0 Å². The average Bonchev–Trinajstić information content (AvgIpc) is 3.33. The van der Waals surface area contributed by atoms with Gasteiger partial charge in [-0.05, 0) is 56.0 Å². The summed E-state index contributed by atoms with van der Waals surface area (Å²) in [4.78, 5) is 59.3. The first-order chi connectivity index (χ1) is 20.4. The number of esters is 1. The van der Waals surface area contributed by atoms with Crippen LogP contribution >= 0.6 is 11.6 Å². The Morgan fingerprint density at radius 3 is 2.53 bits per heavy atom. The largest absolute Gasteiger partial charge is 0.457 e. The van der Waals surface area contributed by atoms with Gasteiger partial charge in [0.1, 0.15) is 11.6 Å². The van der Waals surface area contributed by atoms with Gasteiger partial charge in [0.05, 0.1) is 6.54 Å². The zero-order valence-corrected chi connectivity index (χ0v) is 25.1. The molecule has 0 bridgehead atoms. The first kappa shape index (κ1) is 31.6. The monoisotopic (exact) mass is 607 g/mol. The van der Waals surface area contributed by atoms with Gasteiger partial charge in [-0.2, -0.15) is 0 Å². The molecule has 0 saturated carbocycles. The number of rotatable bonds is 8. The molecule has 43 heavy (non-hydrogen) atoms. The summed E-state index contributed by atoms with van der Waals surface area (Å²) in [6, 6.07) is 12.7. The summed E-state index contributed by atoms with van der Waals surface area (Å²) in [5.41, 5.74) is 8.89. The number of likely N-dealkylation sites (tertiary alicyclic amines) is 1. The van der Waals surface area contributed by atoms with E-state index in [2.05, 4.69) is 16.6 Å². The molecule has 2 amide bonds. The maximum atomic E-state index is 14.2.